The highest BCUT2D eigenvalue weighted by atomic mass is 79.9. The van der Waals surface area contributed by atoms with Crippen LogP contribution in [0.3, 0.4) is 0 Å². The third kappa shape index (κ3) is 5.61. The molecule has 0 radical (unpaired) electrons. The minimum Gasteiger partial charge on any atom is -0.398 e. The van der Waals surface area contributed by atoms with Gasteiger partial charge in [0.05, 0.1) is 11.3 Å². The number of carbonyl (C=O) groups is 1. The molecule has 0 aliphatic heterocycles. The van der Waals surface area contributed by atoms with E-state index in [1.165, 1.54) is 6.26 Å². The molecule has 3 N–H and O–H groups in total. The lowest BCUT2D eigenvalue weighted by Crippen LogP contribution is -2.34. The van der Waals surface area contributed by atoms with Crippen LogP contribution in [0.2, 0.25) is 0 Å². The standard InChI is InChI=1S/C12H17BrN2O3S/c1-8(5-6-19(2,17)18)15-12(16)10-7-9(13)3-4-11(10)14/h3-4,7-8H,5-6,14H2,1-2H3,(H,15,16)/t8-/m0/s1. The molecule has 0 aliphatic carbocycles. The fourth-order valence-electron chi connectivity index (χ4n) is 1.49. The maximum absolute atomic E-state index is 12.0. The molecule has 1 amide bonds. The lowest BCUT2D eigenvalue weighted by molar-refractivity contribution is 0.0940. The van der Waals surface area contributed by atoms with Crippen LogP contribution < -0.4 is 11.1 Å². The third-order valence-electron chi connectivity index (χ3n) is 2.56. The SMILES string of the molecule is C[C@@H](CCS(C)(=O)=O)NC(=O)c1cc(Br)ccc1N. The number of halogens is 1. The lowest BCUT2D eigenvalue weighted by Gasteiger charge is -2.14. The third-order valence-corrected chi connectivity index (χ3v) is 4.03. The minimum atomic E-state index is -3.02. The summed E-state index contributed by atoms with van der Waals surface area (Å²) in [5, 5.41) is 2.73. The summed E-state index contributed by atoms with van der Waals surface area (Å²) in [5.74, 6) is -0.262. The molecule has 5 nitrogen and oxygen atoms in total. The summed E-state index contributed by atoms with van der Waals surface area (Å²) >= 11 is 3.27. The summed E-state index contributed by atoms with van der Waals surface area (Å²) in [6.45, 7) is 1.76. The number of nitrogens with one attached hydrogen (secondary N) is 1. The van der Waals surface area contributed by atoms with Gasteiger partial charge in [-0.2, -0.15) is 0 Å². The quantitative estimate of drug-likeness (QED) is 0.790. The van der Waals surface area contributed by atoms with E-state index in [2.05, 4.69) is 21.2 Å². The topological polar surface area (TPSA) is 89.3 Å². The number of anilines is 1. The van der Waals surface area contributed by atoms with Crippen molar-refractivity contribution >= 4 is 37.4 Å². The van der Waals surface area contributed by atoms with Crippen LogP contribution in [0.15, 0.2) is 22.7 Å². The molecule has 19 heavy (non-hydrogen) atoms. The van der Waals surface area contributed by atoms with E-state index in [9.17, 15) is 13.2 Å². The number of rotatable bonds is 5. The second-order valence-electron chi connectivity index (χ2n) is 4.52. The zero-order valence-electron chi connectivity index (χ0n) is 10.8. The van der Waals surface area contributed by atoms with Crippen LogP contribution in [0.25, 0.3) is 0 Å². The fourth-order valence-corrected chi connectivity index (χ4v) is 2.63. The molecule has 0 aromatic heterocycles. The smallest absolute Gasteiger partial charge is 0.253 e. The van der Waals surface area contributed by atoms with Crippen LogP contribution in [0.4, 0.5) is 5.69 Å². The first-order valence-corrected chi connectivity index (χ1v) is 8.58. The van der Waals surface area contributed by atoms with Crippen molar-refractivity contribution in [2.75, 3.05) is 17.7 Å². The Labute approximate surface area is 121 Å². The van der Waals surface area contributed by atoms with Crippen molar-refractivity contribution < 1.29 is 13.2 Å². The van der Waals surface area contributed by atoms with Gasteiger partial charge in [-0.1, -0.05) is 15.9 Å². The van der Waals surface area contributed by atoms with E-state index in [1.54, 1.807) is 25.1 Å². The van der Waals surface area contributed by atoms with Gasteiger partial charge in [-0.3, -0.25) is 4.79 Å². The normalized spacial score (nSPS) is 13.0. The average Bonchev–Trinajstić information content (AvgIpc) is 2.28. The summed E-state index contributed by atoms with van der Waals surface area (Å²) in [6, 6.07) is 4.79. The zero-order valence-corrected chi connectivity index (χ0v) is 13.2. The zero-order chi connectivity index (χ0) is 14.6. The van der Waals surface area contributed by atoms with Gasteiger partial charge in [0.15, 0.2) is 0 Å². The molecule has 0 heterocycles. The van der Waals surface area contributed by atoms with E-state index >= 15 is 0 Å². The maximum Gasteiger partial charge on any atom is 0.253 e. The molecule has 1 atom stereocenters. The number of hydrogen-bond acceptors (Lipinski definition) is 4. The van der Waals surface area contributed by atoms with Gasteiger partial charge in [-0.05, 0) is 31.5 Å². The summed E-state index contributed by atoms with van der Waals surface area (Å²) in [4.78, 5) is 12.0. The van der Waals surface area contributed by atoms with E-state index in [-0.39, 0.29) is 17.7 Å². The predicted octanol–water partition coefficient (Wildman–Crippen LogP) is 1.58. The summed E-state index contributed by atoms with van der Waals surface area (Å²) in [7, 11) is -3.02. The first-order chi connectivity index (χ1) is 8.69. The molecule has 106 valence electrons. The van der Waals surface area contributed by atoms with Crippen molar-refractivity contribution in [3.63, 3.8) is 0 Å². The number of carbonyl (C=O) groups excluding carboxylic acids is 1. The number of hydrogen-bond donors (Lipinski definition) is 2. The second-order valence-corrected chi connectivity index (χ2v) is 7.70. The van der Waals surface area contributed by atoms with Gasteiger partial charge in [-0.25, -0.2) is 8.42 Å². The number of nitrogen functional groups attached to an aromatic ring is 1. The van der Waals surface area contributed by atoms with Crippen molar-refractivity contribution in [2.24, 2.45) is 0 Å². The van der Waals surface area contributed by atoms with Crippen molar-refractivity contribution in [2.45, 2.75) is 19.4 Å². The van der Waals surface area contributed by atoms with Crippen LogP contribution in [-0.4, -0.2) is 32.4 Å². The maximum atomic E-state index is 12.0. The molecule has 0 spiro atoms. The molecule has 0 fully saturated rings. The van der Waals surface area contributed by atoms with Crippen molar-refractivity contribution in [1.82, 2.24) is 5.32 Å². The van der Waals surface area contributed by atoms with Gasteiger partial charge in [-0.15, -0.1) is 0 Å². The molecule has 7 heteroatoms. The van der Waals surface area contributed by atoms with Crippen LogP contribution in [0.5, 0.6) is 0 Å². The monoisotopic (exact) mass is 348 g/mol. The molecule has 1 rings (SSSR count). The summed E-state index contributed by atoms with van der Waals surface area (Å²) in [6.07, 6.45) is 1.55. The lowest BCUT2D eigenvalue weighted by atomic mass is 10.1. The Kier molecular flexibility index (Phi) is 5.37. The highest BCUT2D eigenvalue weighted by molar-refractivity contribution is 9.10. The second kappa shape index (κ2) is 6.38. The molecule has 1 aromatic carbocycles. The molecule has 1 aromatic rings. The predicted molar refractivity (Wildman–Crippen MR) is 79.8 cm³/mol. The van der Waals surface area contributed by atoms with Crippen molar-refractivity contribution in [3.05, 3.63) is 28.2 Å². The van der Waals surface area contributed by atoms with Crippen LogP contribution in [-0.2, 0) is 9.84 Å². The Morgan fingerprint density at radius 1 is 1.47 bits per heavy atom. The molecule has 0 bridgehead atoms. The number of nitrogens with two attached hydrogens (primary N) is 1. The Hall–Kier alpha value is -1.08. The first kappa shape index (κ1) is 16.0. The largest absolute Gasteiger partial charge is 0.398 e. The Balaban J connectivity index is 2.66. The average molecular weight is 349 g/mol. The van der Waals surface area contributed by atoms with E-state index in [1.807, 2.05) is 0 Å². The summed E-state index contributed by atoms with van der Waals surface area (Å²) < 4.78 is 22.9. The first-order valence-electron chi connectivity index (χ1n) is 5.72. The molecular weight excluding hydrogens is 332 g/mol. The highest BCUT2D eigenvalue weighted by Gasteiger charge is 2.14. The Morgan fingerprint density at radius 3 is 2.68 bits per heavy atom. The van der Waals surface area contributed by atoms with E-state index in [0.717, 1.165) is 4.47 Å². The Bertz CT molecular complexity index is 572. The van der Waals surface area contributed by atoms with E-state index in [4.69, 9.17) is 5.73 Å². The van der Waals surface area contributed by atoms with Gasteiger partial charge >= 0.3 is 0 Å². The van der Waals surface area contributed by atoms with Crippen LogP contribution >= 0.6 is 15.9 Å². The van der Waals surface area contributed by atoms with Crippen molar-refractivity contribution in [1.29, 1.82) is 0 Å². The number of sulfone groups is 1. The Morgan fingerprint density at radius 2 is 2.11 bits per heavy atom. The fraction of sp³-hybridized carbons (Fsp3) is 0.417. The van der Waals surface area contributed by atoms with Crippen LogP contribution in [0, 0.1) is 0 Å². The van der Waals surface area contributed by atoms with Gasteiger partial charge in [0, 0.05) is 22.5 Å². The van der Waals surface area contributed by atoms with Gasteiger partial charge in [0.1, 0.15) is 9.84 Å². The van der Waals surface area contributed by atoms with E-state index < -0.39 is 9.84 Å². The van der Waals surface area contributed by atoms with Crippen LogP contribution in [0.1, 0.15) is 23.7 Å². The van der Waals surface area contributed by atoms with E-state index in [0.29, 0.717) is 17.7 Å². The minimum absolute atomic E-state index is 0.0441. The van der Waals surface area contributed by atoms with Crippen molar-refractivity contribution in [3.8, 4) is 0 Å². The number of benzene rings is 1. The molecular formula is C12H17BrN2O3S. The molecule has 0 saturated carbocycles. The molecule has 0 unspecified atom stereocenters. The van der Waals surface area contributed by atoms with Gasteiger partial charge in [0.25, 0.3) is 5.91 Å². The number of amides is 1. The highest BCUT2D eigenvalue weighted by Crippen LogP contribution is 2.18. The van der Waals surface area contributed by atoms with Gasteiger partial charge < -0.3 is 11.1 Å². The summed E-state index contributed by atoms with van der Waals surface area (Å²) in [5.41, 5.74) is 6.49. The molecule has 0 saturated heterocycles. The molecule has 0 aliphatic rings. The van der Waals surface area contributed by atoms with Gasteiger partial charge in [0.2, 0.25) is 0 Å².